The molecule has 0 N–H and O–H groups in total. The third-order valence-corrected chi connectivity index (χ3v) is 3.89. The van der Waals surface area contributed by atoms with Gasteiger partial charge in [-0.15, -0.1) is 0 Å². The number of hydrogen-bond acceptors (Lipinski definition) is 1. The largest absolute Gasteiger partial charge is 0.288 e. The van der Waals surface area contributed by atoms with E-state index in [2.05, 4.69) is 32.6 Å². The van der Waals surface area contributed by atoms with E-state index in [1.807, 2.05) is 0 Å². The number of nitrogens with zero attached hydrogens (tertiary/aromatic N) is 1. The Morgan fingerprint density at radius 1 is 1.12 bits per heavy atom. The van der Waals surface area contributed by atoms with Crippen molar-refractivity contribution in [2.45, 2.75) is 13.8 Å². The second-order valence-electron chi connectivity index (χ2n) is 1.99. The second kappa shape index (κ2) is 4.29. The van der Waals surface area contributed by atoms with E-state index in [0.717, 1.165) is 0 Å². The van der Waals surface area contributed by atoms with Crippen LogP contribution in [0.4, 0.5) is 0 Å². The Labute approximate surface area is 53.9 Å². The monoisotopic (exact) mass is 133 g/mol. The van der Waals surface area contributed by atoms with Crippen LogP contribution in [0.25, 0.3) is 0 Å². The highest BCUT2D eigenvalue weighted by molar-refractivity contribution is 7.55. The molecule has 0 fully saturated rings. The molecule has 0 aromatic carbocycles. The fourth-order valence-electron chi connectivity index (χ4n) is 0.789. The number of hydrogen-bond donors (Lipinski definition) is 0. The summed E-state index contributed by atoms with van der Waals surface area (Å²) in [6.07, 6.45) is 2.66. The van der Waals surface area contributed by atoms with Crippen LogP contribution in [-0.2, 0) is 0 Å². The van der Waals surface area contributed by atoms with Crippen molar-refractivity contribution >= 4 is 8.07 Å². The molecule has 0 amide bonds. The van der Waals surface area contributed by atoms with Crippen LogP contribution in [-0.4, -0.2) is 31.1 Å². The van der Waals surface area contributed by atoms with Crippen LogP contribution in [0.2, 0.25) is 0 Å². The van der Waals surface area contributed by atoms with Gasteiger partial charge in [0.05, 0.1) is 0 Å². The third kappa shape index (κ3) is 2.64. The van der Waals surface area contributed by atoms with Gasteiger partial charge in [-0.2, -0.15) is 0 Å². The molecule has 50 valence electrons. The van der Waals surface area contributed by atoms with Crippen molar-refractivity contribution in [1.82, 2.24) is 4.67 Å². The molecule has 0 radical (unpaired) electrons. The molecule has 0 aromatic rings. The van der Waals surface area contributed by atoms with E-state index in [9.17, 15) is 0 Å². The smallest absolute Gasteiger partial charge is 0.00972 e. The lowest BCUT2D eigenvalue weighted by Gasteiger charge is -2.20. The molecule has 1 nitrogen and oxygen atoms in total. The second-order valence-corrected chi connectivity index (χ2v) is 5.06. The summed E-state index contributed by atoms with van der Waals surface area (Å²) < 4.78 is 2.34. The zero-order valence-electron chi connectivity index (χ0n) is 6.31. The first-order valence-electron chi connectivity index (χ1n) is 3.14. The summed E-state index contributed by atoms with van der Waals surface area (Å²) in [5.41, 5.74) is 0. The Hall–Kier alpha value is 0.390. The van der Waals surface area contributed by atoms with Gasteiger partial charge in [-0.3, -0.25) is 4.67 Å². The van der Waals surface area contributed by atoms with E-state index in [-0.39, 0.29) is 8.07 Å². The van der Waals surface area contributed by atoms with Crippen LogP contribution in [0.3, 0.4) is 0 Å². The molecule has 0 heterocycles. The summed E-state index contributed by atoms with van der Waals surface area (Å²) in [5.74, 6) is 0. The molecular weight excluding hydrogens is 117 g/mol. The Balaban J connectivity index is 3.35. The topological polar surface area (TPSA) is 3.24 Å². The lowest BCUT2D eigenvalue weighted by atomic mass is 11.0. The lowest BCUT2D eigenvalue weighted by Crippen LogP contribution is -2.06. The standard InChI is InChI=1S/C6H16NP/c1-5-8(6-2)7(3)4/h5-6H2,1-4H3. The lowest BCUT2D eigenvalue weighted by molar-refractivity contribution is 0.675. The molecule has 0 saturated heterocycles. The average molecular weight is 133 g/mol. The van der Waals surface area contributed by atoms with Gasteiger partial charge in [0, 0.05) is 0 Å². The summed E-state index contributed by atoms with van der Waals surface area (Å²) in [6.45, 7) is 4.52. The minimum atomic E-state index is 0.218. The van der Waals surface area contributed by atoms with Gasteiger partial charge in [0.15, 0.2) is 0 Å². The summed E-state index contributed by atoms with van der Waals surface area (Å²) in [6, 6.07) is 0. The van der Waals surface area contributed by atoms with Crippen LogP contribution < -0.4 is 0 Å². The van der Waals surface area contributed by atoms with Crippen LogP contribution in [0, 0.1) is 0 Å². The van der Waals surface area contributed by atoms with Crippen molar-refractivity contribution in [1.29, 1.82) is 0 Å². The summed E-state index contributed by atoms with van der Waals surface area (Å²) in [7, 11) is 4.55. The third-order valence-electron chi connectivity index (χ3n) is 1.30. The molecule has 0 aliphatic rings. The molecule has 0 spiro atoms. The SMILES string of the molecule is CCP(CC)N(C)C. The molecule has 0 aromatic heterocycles. The quantitative estimate of drug-likeness (QED) is 0.532. The van der Waals surface area contributed by atoms with Gasteiger partial charge >= 0.3 is 0 Å². The Morgan fingerprint density at radius 3 is 1.50 bits per heavy atom. The molecule has 0 unspecified atom stereocenters. The molecule has 2 heteroatoms. The molecule has 0 aliphatic carbocycles. The predicted octanol–water partition coefficient (Wildman–Crippen LogP) is 1.98. The van der Waals surface area contributed by atoms with Gasteiger partial charge in [-0.1, -0.05) is 13.8 Å². The van der Waals surface area contributed by atoms with Gasteiger partial charge < -0.3 is 0 Å². The maximum absolute atomic E-state index is 2.34. The van der Waals surface area contributed by atoms with Gasteiger partial charge in [0.2, 0.25) is 0 Å². The van der Waals surface area contributed by atoms with Gasteiger partial charge in [-0.25, -0.2) is 0 Å². The summed E-state index contributed by atoms with van der Waals surface area (Å²) in [4.78, 5) is 0. The maximum atomic E-state index is 2.34. The van der Waals surface area contributed by atoms with Gasteiger partial charge in [0.25, 0.3) is 0 Å². The van der Waals surface area contributed by atoms with Crippen molar-refractivity contribution < 1.29 is 0 Å². The zero-order valence-corrected chi connectivity index (χ0v) is 7.20. The molecular formula is C6H16NP. The Bertz CT molecular complexity index is 50.5. The molecule has 0 aliphatic heterocycles. The van der Waals surface area contributed by atoms with E-state index in [4.69, 9.17) is 0 Å². The van der Waals surface area contributed by atoms with E-state index < -0.39 is 0 Å². The van der Waals surface area contributed by atoms with Crippen LogP contribution >= 0.6 is 8.07 Å². The fourth-order valence-corrected chi connectivity index (χ4v) is 2.37. The van der Waals surface area contributed by atoms with Crippen molar-refractivity contribution in [2.24, 2.45) is 0 Å². The zero-order chi connectivity index (χ0) is 6.57. The van der Waals surface area contributed by atoms with Gasteiger partial charge in [-0.05, 0) is 34.5 Å². The minimum absolute atomic E-state index is 0.218. The van der Waals surface area contributed by atoms with E-state index in [0.29, 0.717) is 0 Å². The van der Waals surface area contributed by atoms with Crippen molar-refractivity contribution in [2.75, 3.05) is 26.4 Å². The van der Waals surface area contributed by atoms with Crippen molar-refractivity contribution in [3.63, 3.8) is 0 Å². The first kappa shape index (κ1) is 8.39. The molecule has 0 atom stereocenters. The first-order chi connectivity index (χ1) is 3.72. The normalized spacial score (nSPS) is 11.2. The Morgan fingerprint density at radius 2 is 1.50 bits per heavy atom. The van der Waals surface area contributed by atoms with Gasteiger partial charge in [0.1, 0.15) is 0 Å². The summed E-state index contributed by atoms with van der Waals surface area (Å²) >= 11 is 0. The molecule has 0 rings (SSSR count). The predicted molar refractivity (Wildman–Crippen MR) is 41.7 cm³/mol. The number of rotatable bonds is 3. The molecule has 8 heavy (non-hydrogen) atoms. The fraction of sp³-hybridized carbons (Fsp3) is 1.00. The van der Waals surface area contributed by atoms with Crippen LogP contribution in [0.1, 0.15) is 13.8 Å². The van der Waals surface area contributed by atoms with E-state index in [1.54, 1.807) is 0 Å². The Kier molecular flexibility index (Phi) is 4.50. The minimum Gasteiger partial charge on any atom is -0.288 e. The van der Waals surface area contributed by atoms with Crippen molar-refractivity contribution in [3.8, 4) is 0 Å². The van der Waals surface area contributed by atoms with Crippen LogP contribution in [0.15, 0.2) is 0 Å². The highest BCUT2D eigenvalue weighted by atomic mass is 31.1. The molecule has 0 saturated carbocycles. The van der Waals surface area contributed by atoms with Crippen LogP contribution in [0.5, 0.6) is 0 Å². The summed E-state index contributed by atoms with van der Waals surface area (Å²) in [5, 5.41) is 0. The highest BCUT2D eigenvalue weighted by Crippen LogP contribution is 2.35. The highest BCUT2D eigenvalue weighted by Gasteiger charge is 2.02. The van der Waals surface area contributed by atoms with Crippen molar-refractivity contribution in [3.05, 3.63) is 0 Å². The first-order valence-corrected chi connectivity index (χ1v) is 4.81. The molecule has 0 bridgehead atoms. The average Bonchev–Trinajstić information content (AvgIpc) is 1.69. The van der Waals surface area contributed by atoms with E-state index >= 15 is 0 Å². The van der Waals surface area contributed by atoms with E-state index in [1.165, 1.54) is 12.3 Å². The maximum Gasteiger partial charge on any atom is -0.00972 e.